The SMILES string of the molecule is O=C(CCC(F)(F)F)N1CC=C(c2cccn3nc(Nc4ccc(C(=O)N5C[C@@H]6CCN[C@@H]6C5)cc4)nc23)CC1. The average Bonchev–Trinajstić information content (AvgIpc) is 3.66. The van der Waals surface area contributed by atoms with Gasteiger partial charge in [-0.2, -0.15) is 18.2 Å². The standard InChI is InChI=1S/C28H30F3N7O2/c29-28(30,31)11-7-24(39)36-14-9-18(10-15-36)22-2-1-13-38-25(22)34-27(35-38)33-21-5-3-19(4-6-21)26(40)37-16-20-8-12-32-23(20)17-37/h1-6,9,13,20,23,32H,7-8,10-12,14-17H2,(H,33,35)/t20-,23+/m0/s1. The number of aromatic nitrogens is 3. The lowest BCUT2D eigenvalue weighted by atomic mass is 10.00. The second-order valence-corrected chi connectivity index (χ2v) is 10.6. The molecule has 0 bridgehead atoms. The van der Waals surface area contributed by atoms with Crippen LogP contribution in [0.3, 0.4) is 0 Å². The molecule has 3 aliphatic heterocycles. The van der Waals surface area contributed by atoms with Crippen molar-refractivity contribution in [3.8, 4) is 0 Å². The highest BCUT2D eigenvalue weighted by Crippen LogP contribution is 2.29. The number of anilines is 2. The zero-order chi connectivity index (χ0) is 27.9. The van der Waals surface area contributed by atoms with E-state index in [2.05, 4.69) is 20.7 Å². The van der Waals surface area contributed by atoms with Crippen molar-refractivity contribution in [3.05, 3.63) is 59.8 Å². The number of alkyl halides is 3. The lowest BCUT2D eigenvalue weighted by Gasteiger charge is -2.27. The lowest BCUT2D eigenvalue weighted by Crippen LogP contribution is -2.35. The van der Waals surface area contributed by atoms with Gasteiger partial charge in [0.15, 0.2) is 5.65 Å². The molecule has 0 unspecified atom stereocenters. The number of rotatable bonds is 6. The Morgan fingerprint density at radius 2 is 1.93 bits per heavy atom. The van der Waals surface area contributed by atoms with Gasteiger partial charge in [-0.05, 0) is 67.3 Å². The van der Waals surface area contributed by atoms with Gasteiger partial charge in [-0.1, -0.05) is 6.08 Å². The third-order valence-electron chi connectivity index (χ3n) is 7.93. The van der Waals surface area contributed by atoms with E-state index in [1.807, 2.05) is 47.4 Å². The predicted molar refractivity (Wildman–Crippen MR) is 143 cm³/mol. The van der Waals surface area contributed by atoms with Crippen molar-refractivity contribution in [3.63, 3.8) is 0 Å². The minimum absolute atomic E-state index is 0.0413. The molecule has 3 aliphatic rings. The summed E-state index contributed by atoms with van der Waals surface area (Å²) in [5.74, 6) is 0.488. The molecule has 12 heteroatoms. The molecule has 9 nitrogen and oxygen atoms in total. The van der Waals surface area contributed by atoms with Gasteiger partial charge in [0.05, 0.1) is 6.42 Å². The molecule has 3 aromatic rings. The molecular formula is C28H30F3N7O2. The number of nitrogens with one attached hydrogen (secondary N) is 2. The summed E-state index contributed by atoms with van der Waals surface area (Å²) in [6, 6.07) is 11.5. The summed E-state index contributed by atoms with van der Waals surface area (Å²) in [6.07, 6.45) is -0.702. The van der Waals surface area contributed by atoms with Crippen LogP contribution in [0, 0.1) is 5.92 Å². The van der Waals surface area contributed by atoms with Crippen molar-refractivity contribution >= 4 is 34.7 Å². The van der Waals surface area contributed by atoms with Crippen LogP contribution in [0.1, 0.15) is 41.6 Å². The fraction of sp³-hybridized carbons (Fsp3) is 0.429. The Morgan fingerprint density at radius 3 is 2.65 bits per heavy atom. The second kappa shape index (κ2) is 10.6. The predicted octanol–water partition coefficient (Wildman–Crippen LogP) is 3.87. The highest BCUT2D eigenvalue weighted by Gasteiger charge is 2.38. The fourth-order valence-electron chi connectivity index (χ4n) is 5.78. The van der Waals surface area contributed by atoms with E-state index in [1.54, 1.807) is 10.7 Å². The van der Waals surface area contributed by atoms with E-state index in [4.69, 9.17) is 0 Å². The normalized spacial score (nSPS) is 21.0. The number of nitrogens with zero attached hydrogens (tertiary/aromatic N) is 5. The van der Waals surface area contributed by atoms with Crippen molar-refractivity contribution in [1.29, 1.82) is 0 Å². The zero-order valence-corrected chi connectivity index (χ0v) is 21.8. The van der Waals surface area contributed by atoms with Gasteiger partial charge in [0.2, 0.25) is 11.9 Å². The van der Waals surface area contributed by atoms with E-state index in [0.717, 1.165) is 42.9 Å². The molecule has 2 atom stereocenters. The Morgan fingerprint density at radius 1 is 1.10 bits per heavy atom. The highest BCUT2D eigenvalue weighted by molar-refractivity contribution is 5.95. The first kappa shape index (κ1) is 26.3. The van der Waals surface area contributed by atoms with E-state index in [9.17, 15) is 22.8 Å². The molecule has 2 amide bonds. The lowest BCUT2D eigenvalue weighted by molar-refractivity contribution is -0.148. The number of benzene rings is 1. The molecule has 0 aliphatic carbocycles. The maximum atomic E-state index is 13.0. The van der Waals surface area contributed by atoms with Crippen LogP contribution in [0.15, 0.2) is 48.7 Å². The van der Waals surface area contributed by atoms with Crippen molar-refractivity contribution in [1.82, 2.24) is 29.7 Å². The van der Waals surface area contributed by atoms with Crippen LogP contribution in [-0.4, -0.2) is 81.2 Å². The summed E-state index contributed by atoms with van der Waals surface area (Å²) in [7, 11) is 0. The maximum Gasteiger partial charge on any atom is 0.389 e. The molecule has 40 heavy (non-hydrogen) atoms. The Hall–Kier alpha value is -3.93. The first-order valence-corrected chi connectivity index (χ1v) is 13.5. The topological polar surface area (TPSA) is 94.9 Å². The quantitative estimate of drug-likeness (QED) is 0.482. The van der Waals surface area contributed by atoms with E-state index >= 15 is 0 Å². The molecule has 0 spiro atoms. The third-order valence-corrected chi connectivity index (χ3v) is 7.93. The molecule has 2 aromatic heterocycles. The molecular weight excluding hydrogens is 523 g/mol. The van der Waals surface area contributed by atoms with Crippen LogP contribution in [0.5, 0.6) is 0 Å². The molecule has 2 N–H and O–H groups in total. The Kier molecular flexibility index (Phi) is 6.95. The molecule has 0 saturated carbocycles. The number of halogens is 3. The van der Waals surface area contributed by atoms with Crippen LogP contribution < -0.4 is 10.6 Å². The van der Waals surface area contributed by atoms with Gasteiger partial charge < -0.3 is 20.4 Å². The maximum absolute atomic E-state index is 13.0. The molecule has 5 heterocycles. The van der Waals surface area contributed by atoms with Crippen molar-refractivity contribution in [2.24, 2.45) is 5.92 Å². The minimum atomic E-state index is -4.34. The van der Waals surface area contributed by atoms with E-state index < -0.39 is 24.9 Å². The van der Waals surface area contributed by atoms with Crippen LogP contribution in [-0.2, 0) is 4.79 Å². The summed E-state index contributed by atoms with van der Waals surface area (Å²) < 4.78 is 39.1. The largest absolute Gasteiger partial charge is 0.389 e. The monoisotopic (exact) mass is 553 g/mol. The minimum Gasteiger partial charge on any atom is -0.339 e. The van der Waals surface area contributed by atoms with Crippen LogP contribution >= 0.6 is 0 Å². The molecule has 2 saturated heterocycles. The third kappa shape index (κ3) is 5.53. The van der Waals surface area contributed by atoms with Gasteiger partial charge in [0.1, 0.15) is 0 Å². The number of hydrogen-bond acceptors (Lipinski definition) is 6. The van der Waals surface area contributed by atoms with Gasteiger partial charge in [-0.15, -0.1) is 5.10 Å². The summed E-state index contributed by atoms with van der Waals surface area (Å²) >= 11 is 0. The number of amides is 2. The number of fused-ring (bicyclic) bond motifs is 2. The Balaban J connectivity index is 1.11. The number of likely N-dealkylation sites (tertiary alicyclic amines) is 1. The van der Waals surface area contributed by atoms with Crippen LogP contribution in [0.4, 0.5) is 24.8 Å². The van der Waals surface area contributed by atoms with Crippen LogP contribution in [0.25, 0.3) is 11.2 Å². The first-order valence-electron chi connectivity index (χ1n) is 13.5. The summed E-state index contributed by atoms with van der Waals surface area (Å²) in [6.45, 7) is 3.18. The number of carbonyl (C=O) groups is 2. The van der Waals surface area contributed by atoms with Gasteiger partial charge in [-0.25, -0.2) is 4.52 Å². The van der Waals surface area contributed by atoms with Gasteiger partial charge in [0, 0.05) is 61.7 Å². The van der Waals surface area contributed by atoms with Crippen LogP contribution in [0.2, 0.25) is 0 Å². The van der Waals surface area contributed by atoms with Gasteiger partial charge >= 0.3 is 6.18 Å². The van der Waals surface area contributed by atoms with Gasteiger partial charge in [0.25, 0.3) is 5.91 Å². The summed E-state index contributed by atoms with van der Waals surface area (Å²) in [5, 5.41) is 11.2. The average molecular weight is 554 g/mol. The van der Waals surface area contributed by atoms with Crippen molar-refractivity contribution < 1.29 is 22.8 Å². The number of hydrogen-bond donors (Lipinski definition) is 2. The Bertz CT molecular complexity index is 1440. The zero-order valence-electron chi connectivity index (χ0n) is 21.8. The number of carbonyl (C=O) groups excluding carboxylic acids is 2. The molecule has 2 fully saturated rings. The molecule has 6 rings (SSSR count). The summed E-state index contributed by atoms with van der Waals surface area (Å²) in [5.41, 5.74) is 3.85. The highest BCUT2D eigenvalue weighted by atomic mass is 19.4. The fourth-order valence-corrected chi connectivity index (χ4v) is 5.78. The van der Waals surface area contributed by atoms with E-state index in [1.165, 1.54) is 4.90 Å². The smallest absolute Gasteiger partial charge is 0.339 e. The molecule has 1 aromatic carbocycles. The Labute approximate surface area is 229 Å². The van der Waals surface area contributed by atoms with Gasteiger partial charge in [-0.3, -0.25) is 9.59 Å². The molecule has 0 radical (unpaired) electrons. The number of pyridine rings is 1. The second-order valence-electron chi connectivity index (χ2n) is 10.6. The first-order chi connectivity index (χ1) is 19.2. The van der Waals surface area contributed by atoms with Crippen molar-refractivity contribution in [2.45, 2.75) is 37.9 Å². The summed E-state index contributed by atoms with van der Waals surface area (Å²) in [4.78, 5) is 33.2. The van der Waals surface area contributed by atoms with Crippen molar-refractivity contribution in [2.75, 3.05) is 38.0 Å². The van der Waals surface area contributed by atoms with E-state index in [-0.39, 0.29) is 12.5 Å². The van der Waals surface area contributed by atoms with E-state index in [0.29, 0.717) is 42.1 Å². The molecule has 210 valence electrons.